The number of nitrogens with one attached hydrogen (secondary N) is 1. The maximum Gasteiger partial charge on any atom is 0.416 e. The van der Waals surface area contributed by atoms with Crippen LogP contribution in [0, 0.1) is 0 Å². The van der Waals surface area contributed by atoms with E-state index in [-0.39, 0.29) is 11.4 Å². The van der Waals surface area contributed by atoms with Gasteiger partial charge in [0.05, 0.1) is 18.4 Å². The van der Waals surface area contributed by atoms with Crippen LogP contribution in [0.1, 0.15) is 5.56 Å². The Bertz CT molecular complexity index is 303. The van der Waals surface area contributed by atoms with Gasteiger partial charge in [-0.05, 0) is 12.1 Å². The predicted octanol–water partition coefficient (Wildman–Crippen LogP) is 2.52. The van der Waals surface area contributed by atoms with Gasteiger partial charge in [0.1, 0.15) is 5.75 Å². The predicted molar refractivity (Wildman–Crippen MR) is 43.4 cm³/mol. The average molecular weight is 207 g/mol. The highest BCUT2D eigenvalue weighted by molar-refractivity contribution is 5.50. The van der Waals surface area contributed by atoms with Crippen LogP contribution in [-0.2, 0) is 6.18 Å². The van der Waals surface area contributed by atoms with Crippen molar-refractivity contribution >= 4 is 5.69 Å². The number of ether oxygens (including phenoxy) is 1. The Balaban J connectivity index is 3.17. The molecule has 6 heteroatoms. The molecule has 2 N–H and O–H groups in total. The van der Waals surface area contributed by atoms with Crippen molar-refractivity contribution in [3.05, 3.63) is 23.8 Å². The summed E-state index contributed by atoms with van der Waals surface area (Å²) in [6.07, 6.45) is -4.46. The van der Waals surface area contributed by atoms with Gasteiger partial charge in [-0.3, -0.25) is 10.7 Å². The standard InChI is InChI=1S/C8H8F3NO2/c1-14-7-3-5(8(9,10)11)2-6(4-7)12-13/h2-4,12-13H,1H3. The van der Waals surface area contributed by atoms with E-state index in [1.54, 1.807) is 5.48 Å². The number of alkyl halides is 3. The van der Waals surface area contributed by atoms with Crippen LogP contribution in [0.5, 0.6) is 5.75 Å². The molecule has 0 saturated carbocycles. The van der Waals surface area contributed by atoms with E-state index in [0.29, 0.717) is 0 Å². The van der Waals surface area contributed by atoms with Crippen molar-refractivity contribution in [2.45, 2.75) is 6.18 Å². The van der Waals surface area contributed by atoms with E-state index < -0.39 is 11.7 Å². The molecule has 1 rings (SSSR count). The lowest BCUT2D eigenvalue weighted by molar-refractivity contribution is -0.137. The van der Waals surface area contributed by atoms with Gasteiger partial charge in [-0.1, -0.05) is 0 Å². The maximum atomic E-state index is 12.3. The fourth-order valence-electron chi connectivity index (χ4n) is 0.945. The number of anilines is 1. The molecule has 0 radical (unpaired) electrons. The van der Waals surface area contributed by atoms with E-state index in [4.69, 9.17) is 5.21 Å². The first-order valence-corrected chi connectivity index (χ1v) is 3.63. The van der Waals surface area contributed by atoms with E-state index in [2.05, 4.69) is 4.74 Å². The molecular formula is C8H8F3NO2. The summed E-state index contributed by atoms with van der Waals surface area (Å²) in [5.41, 5.74) is 0.681. The highest BCUT2D eigenvalue weighted by Crippen LogP contribution is 2.33. The Labute approximate surface area is 78.1 Å². The zero-order chi connectivity index (χ0) is 10.8. The minimum Gasteiger partial charge on any atom is -0.497 e. The van der Waals surface area contributed by atoms with Crippen LogP contribution in [0.15, 0.2) is 18.2 Å². The number of methoxy groups -OCH3 is 1. The molecule has 0 unspecified atom stereocenters. The zero-order valence-corrected chi connectivity index (χ0v) is 7.22. The molecule has 0 saturated heterocycles. The van der Waals surface area contributed by atoms with Crippen molar-refractivity contribution in [2.24, 2.45) is 0 Å². The van der Waals surface area contributed by atoms with Gasteiger partial charge in [0.2, 0.25) is 0 Å². The fraction of sp³-hybridized carbons (Fsp3) is 0.250. The first-order valence-electron chi connectivity index (χ1n) is 3.63. The molecule has 0 aliphatic rings. The topological polar surface area (TPSA) is 41.5 Å². The lowest BCUT2D eigenvalue weighted by atomic mass is 10.2. The lowest BCUT2D eigenvalue weighted by Crippen LogP contribution is -2.06. The first-order chi connectivity index (χ1) is 6.47. The van der Waals surface area contributed by atoms with Crippen molar-refractivity contribution in [1.82, 2.24) is 0 Å². The Morgan fingerprint density at radius 1 is 1.29 bits per heavy atom. The molecule has 3 nitrogen and oxygen atoms in total. The highest BCUT2D eigenvalue weighted by atomic mass is 19.4. The Morgan fingerprint density at radius 2 is 1.93 bits per heavy atom. The summed E-state index contributed by atoms with van der Waals surface area (Å²) in [4.78, 5) is 0. The molecule has 0 aliphatic heterocycles. The number of benzene rings is 1. The third-order valence-corrected chi connectivity index (χ3v) is 1.60. The Hall–Kier alpha value is -1.43. The van der Waals surface area contributed by atoms with Gasteiger partial charge in [0.15, 0.2) is 0 Å². The second-order valence-electron chi connectivity index (χ2n) is 2.56. The molecule has 0 bridgehead atoms. The molecule has 14 heavy (non-hydrogen) atoms. The molecule has 0 atom stereocenters. The smallest absolute Gasteiger partial charge is 0.416 e. The Morgan fingerprint density at radius 3 is 2.36 bits per heavy atom. The van der Waals surface area contributed by atoms with E-state index in [0.717, 1.165) is 12.1 Å². The van der Waals surface area contributed by atoms with E-state index in [1.807, 2.05) is 0 Å². The van der Waals surface area contributed by atoms with Gasteiger partial charge in [0.25, 0.3) is 0 Å². The summed E-state index contributed by atoms with van der Waals surface area (Å²) in [5, 5.41) is 8.47. The highest BCUT2D eigenvalue weighted by Gasteiger charge is 2.31. The van der Waals surface area contributed by atoms with Crippen molar-refractivity contribution in [2.75, 3.05) is 12.6 Å². The summed E-state index contributed by atoms with van der Waals surface area (Å²) in [7, 11) is 1.25. The second kappa shape index (κ2) is 3.75. The molecule has 1 aromatic carbocycles. The summed E-state index contributed by atoms with van der Waals surface area (Å²) >= 11 is 0. The zero-order valence-electron chi connectivity index (χ0n) is 7.22. The Kier molecular flexibility index (Phi) is 2.85. The van der Waals surface area contributed by atoms with Gasteiger partial charge in [-0.25, -0.2) is 0 Å². The van der Waals surface area contributed by atoms with Crippen LogP contribution < -0.4 is 10.2 Å². The largest absolute Gasteiger partial charge is 0.497 e. The maximum absolute atomic E-state index is 12.3. The molecule has 0 aliphatic carbocycles. The summed E-state index contributed by atoms with van der Waals surface area (Å²) < 4.78 is 41.4. The van der Waals surface area contributed by atoms with Gasteiger partial charge >= 0.3 is 6.18 Å². The number of halogens is 3. The molecule has 1 aromatic rings. The number of rotatable bonds is 2. The van der Waals surface area contributed by atoms with Crippen molar-refractivity contribution in [3.63, 3.8) is 0 Å². The van der Waals surface area contributed by atoms with Gasteiger partial charge in [0, 0.05) is 6.07 Å². The van der Waals surface area contributed by atoms with Crippen LogP contribution in [-0.4, -0.2) is 12.3 Å². The van der Waals surface area contributed by atoms with Crippen molar-refractivity contribution in [3.8, 4) is 5.75 Å². The summed E-state index contributed by atoms with van der Waals surface area (Å²) in [5.74, 6) is 0.0244. The first kappa shape index (κ1) is 10.6. The molecule has 78 valence electrons. The number of hydrogen-bond acceptors (Lipinski definition) is 3. The normalized spacial score (nSPS) is 11.2. The van der Waals surface area contributed by atoms with Gasteiger partial charge < -0.3 is 4.74 Å². The minimum atomic E-state index is -4.46. The molecule has 0 aromatic heterocycles. The van der Waals surface area contributed by atoms with E-state index in [9.17, 15) is 13.2 Å². The second-order valence-corrected chi connectivity index (χ2v) is 2.56. The van der Waals surface area contributed by atoms with Crippen molar-refractivity contribution < 1.29 is 23.1 Å². The molecule has 0 spiro atoms. The monoisotopic (exact) mass is 207 g/mol. The van der Waals surface area contributed by atoms with Crippen LogP contribution >= 0.6 is 0 Å². The van der Waals surface area contributed by atoms with Crippen LogP contribution in [0.2, 0.25) is 0 Å². The van der Waals surface area contributed by atoms with Crippen LogP contribution in [0.3, 0.4) is 0 Å². The molecule has 0 fully saturated rings. The quantitative estimate of drug-likeness (QED) is 0.732. The van der Waals surface area contributed by atoms with Gasteiger partial charge in [-0.15, -0.1) is 0 Å². The third kappa shape index (κ3) is 2.29. The minimum absolute atomic E-state index is 0.0244. The van der Waals surface area contributed by atoms with Crippen molar-refractivity contribution in [1.29, 1.82) is 0 Å². The summed E-state index contributed by atoms with van der Waals surface area (Å²) in [6.45, 7) is 0. The van der Waals surface area contributed by atoms with Gasteiger partial charge in [-0.2, -0.15) is 13.2 Å². The SMILES string of the molecule is COc1cc(NO)cc(C(F)(F)F)c1. The van der Waals surface area contributed by atoms with E-state index >= 15 is 0 Å². The molecular weight excluding hydrogens is 199 g/mol. The summed E-state index contributed by atoms with van der Waals surface area (Å²) in [6, 6.07) is 2.87. The van der Waals surface area contributed by atoms with Crippen LogP contribution in [0.25, 0.3) is 0 Å². The van der Waals surface area contributed by atoms with E-state index in [1.165, 1.54) is 13.2 Å². The fourth-order valence-corrected chi connectivity index (χ4v) is 0.945. The third-order valence-electron chi connectivity index (χ3n) is 1.60. The molecule has 0 heterocycles. The molecule has 0 amide bonds. The number of hydrogen-bond donors (Lipinski definition) is 2. The van der Waals surface area contributed by atoms with Crippen LogP contribution in [0.4, 0.5) is 18.9 Å². The lowest BCUT2D eigenvalue weighted by Gasteiger charge is -2.10. The average Bonchev–Trinajstić information content (AvgIpc) is 2.15.